The van der Waals surface area contributed by atoms with E-state index >= 15 is 0 Å². The van der Waals surface area contributed by atoms with Gasteiger partial charge in [-0.3, -0.25) is 4.79 Å². The molecule has 0 saturated heterocycles. The molecule has 2 aromatic carbocycles. The average Bonchev–Trinajstić information content (AvgIpc) is 2.47. The molecule has 0 spiro atoms. The molecular formula is C16H17NO3S. The second-order valence-corrected chi connectivity index (χ2v) is 6.80. The molecule has 0 radical (unpaired) electrons. The minimum atomic E-state index is -3.16. The summed E-state index contributed by atoms with van der Waals surface area (Å²) < 4.78 is 22.7. The number of hydrogen-bond acceptors (Lipinski definition) is 3. The van der Waals surface area contributed by atoms with Crippen LogP contribution in [0.25, 0.3) is 0 Å². The van der Waals surface area contributed by atoms with Crippen LogP contribution in [0.2, 0.25) is 0 Å². The van der Waals surface area contributed by atoms with E-state index in [1.807, 2.05) is 18.2 Å². The third-order valence-corrected chi connectivity index (χ3v) is 4.22. The number of hydrogen-bond donors (Lipinski definition) is 1. The second kappa shape index (κ2) is 6.54. The van der Waals surface area contributed by atoms with Crippen molar-refractivity contribution in [1.29, 1.82) is 0 Å². The fraction of sp³-hybridized carbons (Fsp3) is 0.188. The molecule has 0 heterocycles. The summed E-state index contributed by atoms with van der Waals surface area (Å²) >= 11 is 0. The normalized spacial score (nSPS) is 11.1. The van der Waals surface area contributed by atoms with E-state index in [2.05, 4.69) is 5.32 Å². The highest BCUT2D eigenvalue weighted by molar-refractivity contribution is 7.90. The van der Waals surface area contributed by atoms with Crippen LogP contribution in [-0.2, 0) is 16.3 Å². The standard InChI is InChI=1S/C16H17NO3S/c1-21(19,20)15-9-7-13(8-10-15)11-12-17-16(18)14-5-3-2-4-6-14/h2-10H,11-12H2,1H3,(H,17,18). The number of carbonyl (C=O) groups is 1. The first kappa shape index (κ1) is 15.3. The summed E-state index contributed by atoms with van der Waals surface area (Å²) in [7, 11) is -3.16. The smallest absolute Gasteiger partial charge is 0.251 e. The Labute approximate surface area is 124 Å². The molecule has 0 aliphatic carbocycles. The lowest BCUT2D eigenvalue weighted by Gasteiger charge is -2.06. The maximum Gasteiger partial charge on any atom is 0.251 e. The Bertz CT molecular complexity index is 707. The Kier molecular flexibility index (Phi) is 4.75. The second-order valence-electron chi connectivity index (χ2n) is 4.79. The van der Waals surface area contributed by atoms with E-state index in [4.69, 9.17) is 0 Å². The summed E-state index contributed by atoms with van der Waals surface area (Å²) in [6.45, 7) is 0.506. The Morgan fingerprint density at radius 2 is 1.62 bits per heavy atom. The molecule has 1 amide bonds. The maximum atomic E-state index is 11.8. The largest absolute Gasteiger partial charge is 0.352 e. The van der Waals surface area contributed by atoms with Crippen LogP contribution in [-0.4, -0.2) is 27.1 Å². The Balaban J connectivity index is 1.88. The molecule has 0 fully saturated rings. The van der Waals surface area contributed by atoms with Crippen LogP contribution in [0.5, 0.6) is 0 Å². The highest BCUT2D eigenvalue weighted by Crippen LogP contribution is 2.10. The van der Waals surface area contributed by atoms with Crippen LogP contribution in [0.1, 0.15) is 15.9 Å². The number of amides is 1. The lowest BCUT2D eigenvalue weighted by atomic mass is 10.1. The van der Waals surface area contributed by atoms with Gasteiger partial charge in [-0.15, -0.1) is 0 Å². The molecule has 0 aliphatic rings. The zero-order valence-electron chi connectivity index (χ0n) is 11.7. The first-order valence-corrected chi connectivity index (χ1v) is 8.48. The molecule has 0 bridgehead atoms. The van der Waals surface area contributed by atoms with E-state index in [0.29, 0.717) is 23.4 Å². The van der Waals surface area contributed by atoms with E-state index in [1.165, 1.54) is 6.26 Å². The molecule has 0 aliphatic heterocycles. The van der Waals surface area contributed by atoms with Gasteiger partial charge < -0.3 is 5.32 Å². The van der Waals surface area contributed by atoms with Crippen LogP contribution in [0.3, 0.4) is 0 Å². The number of sulfone groups is 1. The third kappa shape index (κ3) is 4.43. The third-order valence-electron chi connectivity index (χ3n) is 3.09. The summed E-state index contributed by atoms with van der Waals surface area (Å²) in [5, 5.41) is 2.84. The molecule has 5 heteroatoms. The number of nitrogens with one attached hydrogen (secondary N) is 1. The van der Waals surface area contributed by atoms with Gasteiger partial charge in [-0.25, -0.2) is 8.42 Å². The molecule has 110 valence electrons. The first-order valence-electron chi connectivity index (χ1n) is 6.59. The van der Waals surface area contributed by atoms with Crippen LogP contribution < -0.4 is 5.32 Å². The quantitative estimate of drug-likeness (QED) is 0.919. The summed E-state index contributed by atoms with van der Waals surface area (Å²) in [6.07, 6.45) is 1.84. The summed E-state index contributed by atoms with van der Waals surface area (Å²) in [6, 6.07) is 15.7. The van der Waals surface area contributed by atoms with Gasteiger partial charge in [0.1, 0.15) is 0 Å². The van der Waals surface area contributed by atoms with Crippen molar-refractivity contribution < 1.29 is 13.2 Å². The summed E-state index contributed by atoms with van der Waals surface area (Å²) in [5.74, 6) is -0.108. The van der Waals surface area contributed by atoms with Crippen molar-refractivity contribution in [2.75, 3.05) is 12.8 Å². The molecule has 1 N–H and O–H groups in total. The van der Waals surface area contributed by atoms with Crippen LogP contribution in [0, 0.1) is 0 Å². The molecule has 0 unspecified atom stereocenters. The predicted octanol–water partition coefficient (Wildman–Crippen LogP) is 2.06. The van der Waals surface area contributed by atoms with Crippen molar-refractivity contribution in [2.45, 2.75) is 11.3 Å². The van der Waals surface area contributed by atoms with Gasteiger partial charge in [-0.2, -0.15) is 0 Å². The van der Waals surface area contributed by atoms with E-state index in [0.717, 1.165) is 5.56 Å². The molecule has 0 aromatic heterocycles. The highest BCUT2D eigenvalue weighted by Gasteiger charge is 2.07. The van der Waals surface area contributed by atoms with Crippen LogP contribution in [0.4, 0.5) is 0 Å². The van der Waals surface area contributed by atoms with Gasteiger partial charge in [-0.05, 0) is 36.2 Å². The maximum absolute atomic E-state index is 11.8. The minimum absolute atomic E-state index is 0.108. The lowest BCUT2D eigenvalue weighted by Crippen LogP contribution is -2.25. The van der Waals surface area contributed by atoms with Gasteiger partial charge >= 0.3 is 0 Å². The van der Waals surface area contributed by atoms with Crippen LogP contribution >= 0.6 is 0 Å². The van der Waals surface area contributed by atoms with E-state index in [1.54, 1.807) is 36.4 Å². The van der Waals surface area contributed by atoms with Gasteiger partial charge in [0.05, 0.1) is 4.90 Å². The average molecular weight is 303 g/mol. The van der Waals surface area contributed by atoms with Crippen molar-refractivity contribution in [1.82, 2.24) is 5.32 Å². The molecule has 4 nitrogen and oxygen atoms in total. The van der Waals surface area contributed by atoms with Crippen molar-refractivity contribution in [3.8, 4) is 0 Å². The molecule has 0 atom stereocenters. The number of carbonyl (C=O) groups excluding carboxylic acids is 1. The van der Waals surface area contributed by atoms with Gasteiger partial charge in [0.25, 0.3) is 5.91 Å². The zero-order valence-corrected chi connectivity index (χ0v) is 12.6. The summed E-state index contributed by atoms with van der Waals surface area (Å²) in [5.41, 5.74) is 1.61. The highest BCUT2D eigenvalue weighted by atomic mass is 32.2. The topological polar surface area (TPSA) is 63.2 Å². The van der Waals surface area contributed by atoms with E-state index in [9.17, 15) is 13.2 Å². The van der Waals surface area contributed by atoms with Crippen molar-refractivity contribution in [2.24, 2.45) is 0 Å². The van der Waals surface area contributed by atoms with E-state index in [-0.39, 0.29) is 5.91 Å². The SMILES string of the molecule is CS(=O)(=O)c1ccc(CCNC(=O)c2ccccc2)cc1. The first-order chi connectivity index (χ1) is 9.97. The zero-order chi connectivity index (χ0) is 15.3. The lowest BCUT2D eigenvalue weighted by molar-refractivity contribution is 0.0954. The monoisotopic (exact) mass is 303 g/mol. The fourth-order valence-electron chi connectivity index (χ4n) is 1.92. The van der Waals surface area contributed by atoms with Crippen LogP contribution in [0.15, 0.2) is 59.5 Å². The molecular weight excluding hydrogens is 286 g/mol. The Morgan fingerprint density at radius 3 is 2.19 bits per heavy atom. The van der Waals surface area contributed by atoms with Gasteiger partial charge in [-0.1, -0.05) is 30.3 Å². The van der Waals surface area contributed by atoms with Gasteiger partial charge in [0.15, 0.2) is 9.84 Å². The minimum Gasteiger partial charge on any atom is -0.352 e. The fourth-order valence-corrected chi connectivity index (χ4v) is 2.55. The molecule has 2 rings (SSSR count). The van der Waals surface area contributed by atoms with Gasteiger partial charge in [0.2, 0.25) is 0 Å². The Hall–Kier alpha value is -2.14. The molecule has 2 aromatic rings. The van der Waals surface area contributed by atoms with Crippen molar-refractivity contribution in [3.05, 3.63) is 65.7 Å². The number of benzene rings is 2. The number of rotatable bonds is 5. The van der Waals surface area contributed by atoms with Crippen molar-refractivity contribution >= 4 is 15.7 Å². The van der Waals surface area contributed by atoms with Gasteiger partial charge in [0, 0.05) is 18.4 Å². The predicted molar refractivity (Wildman–Crippen MR) is 82.0 cm³/mol. The Morgan fingerprint density at radius 1 is 1.00 bits per heavy atom. The summed E-state index contributed by atoms with van der Waals surface area (Å²) in [4.78, 5) is 12.1. The van der Waals surface area contributed by atoms with E-state index < -0.39 is 9.84 Å². The van der Waals surface area contributed by atoms with Crippen molar-refractivity contribution in [3.63, 3.8) is 0 Å². The molecule has 21 heavy (non-hydrogen) atoms. The molecule has 0 saturated carbocycles.